The van der Waals surface area contributed by atoms with E-state index in [0.29, 0.717) is 24.1 Å². The summed E-state index contributed by atoms with van der Waals surface area (Å²) in [6.45, 7) is 5.17. The number of aliphatic hydroxyl groups is 1. The molecule has 0 saturated carbocycles. The van der Waals surface area contributed by atoms with Crippen LogP contribution in [0.4, 0.5) is 0 Å². The van der Waals surface area contributed by atoms with Gasteiger partial charge < -0.3 is 9.84 Å². The van der Waals surface area contributed by atoms with Crippen LogP contribution in [0.5, 0.6) is 5.75 Å². The van der Waals surface area contributed by atoms with Gasteiger partial charge in [0, 0.05) is 12.6 Å². The lowest BCUT2D eigenvalue weighted by molar-refractivity contribution is 0.0494. The predicted molar refractivity (Wildman–Crippen MR) is 82.1 cm³/mol. The highest BCUT2D eigenvalue weighted by Gasteiger charge is 2.27. The number of nitriles is 1. The van der Waals surface area contributed by atoms with Crippen molar-refractivity contribution in [3.05, 3.63) is 29.8 Å². The van der Waals surface area contributed by atoms with Gasteiger partial charge in [0.25, 0.3) is 0 Å². The highest BCUT2D eigenvalue weighted by atomic mass is 16.5. The SMILES string of the molecule is CC1CCCN(CCCOc2ccc(C#N)cc2)C1CO. The molecule has 1 aliphatic rings. The zero-order valence-corrected chi connectivity index (χ0v) is 12.7. The van der Waals surface area contributed by atoms with Crippen molar-refractivity contribution >= 4 is 0 Å². The molecule has 0 bridgehead atoms. The standard InChI is InChI=1S/C17H24N2O2/c1-14-4-2-9-19(17(14)13-20)10-3-11-21-16-7-5-15(12-18)6-8-16/h5-8,14,17,20H,2-4,9-11,13H2,1H3. The van der Waals surface area contributed by atoms with Gasteiger partial charge in [-0.15, -0.1) is 0 Å². The van der Waals surface area contributed by atoms with Crippen LogP contribution in [-0.4, -0.2) is 42.4 Å². The molecule has 114 valence electrons. The van der Waals surface area contributed by atoms with Crippen LogP contribution in [0.2, 0.25) is 0 Å². The van der Waals surface area contributed by atoms with Crippen molar-refractivity contribution in [2.24, 2.45) is 5.92 Å². The molecule has 1 N–H and O–H groups in total. The molecule has 1 aliphatic heterocycles. The minimum absolute atomic E-state index is 0.248. The largest absolute Gasteiger partial charge is 0.494 e. The highest BCUT2D eigenvalue weighted by molar-refractivity contribution is 5.34. The summed E-state index contributed by atoms with van der Waals surface area (Å²) >= 11 is 0. The van der Waals surface area contributed by atoms with E-state index in [1.165, 1.54) is 12.8 Å². The first-order chi connectivity index (χ1) is 10.2. The van der Waals surface area contributed by atoms with E-state index in [-0.39, 0.29) is 6.61 Å². The van der Waals surface area contributed by atoms with Crippen molar-refractivity contribution in [3.8, 4) is 11.8 Å². The van der Waals surface area contributed by atoms with E-state index < -0.39 is 0 Å². The number of aliphatic hydroxyl groups excluding tert-OH is 1. The Bertz CT molecular complexity index is 467. The van der Waals surface area contributed by atoms with Gasteiger partial charge in [0.15, 0.2) is 0 Å². The Balaban J connectivity index is 1.72. The van der Waals surface area contributed by atoms with Gasteiger partial charge in [-0.3, -0.25) is 4.90 Å². The zero-order valence-electron chi connectivity index (χ0n) is 12.7. The molecule has 1 aromatic carbocycles. The maximum absolute atomic E-state index is 9.52. The van der Waals surface area contributed by atoms with Gasteiger partial charge in [-0.2, -0.15) is 5.26 Å². The normalized spacial score (nSPS) is 22.7. The molecule has 0 amide bonds. The first-order valence-electron chi connectivity index (χ1n) is 7.72. The van der Waals surface area contributed by atoms with Crippen LogP contribution >= 0.6 is 0 Å². The van der Waals surface area contributed by atoms with Gasteiger partial charge in [-0.1, -0.05) is 6.92 Å². The lowest BCUT2D eigenvalue weighted by atomic mass is 9.91. The lowest BCUT2D eigenvalue weighted by Gasteiger charge is -2.39. The highest BCUT2D eigenvalue weighted by Crippen LogP contribution is 2.23. The second-order valence-corrected chi connectivity index (χ2v) is 5.74. The zero-order chi connectivity index (χ0) is 15.1. The molecule has 21 heavy (non-hydrogen) atoms. The van der Waals surface area contributed by atoms with Crippen molar-refractivity contribution in [1.82, 2.24) is 4.90 Å². The number of nitrogens with zero attached hydrogens (tertiary/aromatic N) is 2. The third-order valence-corrected chi connectivity index (χ3v) is 4.26. The van der Waals surface area contributed by atoms with Crippen LogP contribution in [-0.2, 0) is 0 Å². The van der Waals surface area contributed by atoms with E-state index in [9.17, 15) is 5.11 Å². The molecule has 0 aliphatic carbocycles. The quantitative estimate of drug-likeness (QED) is 0.817. The van der Waals surface area contributed by atoms with Crippen molar-refractivity contribution in [1.29, 1.82) is 5.26 Å². The number of hydrogen-bond donors (Lipinski definition) is 1. The maximum atomic E-state index is 9.52. The van der Waals surface area contributed by atoms with Crippen molar-refractivity contribution in [2.45, 2.75) is 32.2 Å². The van der Waals surface area contributed by atoms with Crippen LogP contribution in [0.25, 0.3) is 0 Å². The summed E-state index contributed by atoms with van der Waals surface area (Å²) in [7, 11) is 0. The fourth-order valence-corrected chi connectivity index (χ4v) is 2.99. The third kappa shape index (κ3) is 4.45. The van der Waals surface area contributed by atoms with Crippen LogP contribution in [0.15, 0.2) is 24.3 Å². The topological polar surface area (TPSA) is 56.5 Å². The molecular formula is C17H24N2O2. The van der Waals surface area contributed by atoms with Gasteiger partial charge in [-0.25, -0.2) is 0 Å². The summed E-state index contributed by atoms with van der Waals surface area (Å²) in [6, 6.07) is 9.59. The molecule has 1 heterocycles. The number of piperidine rings is 1. The smallest absolute Gasteiger partial charge is 0.119 e. The second-order valence-electron chi connectivity index (χ2n) is 5.74. The summed E-state index contributed by atoms with van der Waals surface area (Å²) in [5.41, 5.74) is 0.649. The first-order valence-corrected chi connectivity index (χ1v) is 7.72. The third-order valence-electron chi connectivity index (χ3n) is 4.26. The van der Waals surface area contributed by atoms with Crippen LogP contribution in [0.3, 0.4) is 0 Å². The molecular weight excluding hydrogens is 264 g/mol. The van der Waals surface area contributed by atoms with Gasteiger partial charge in [0.05, 0.1) is 24.8 Å². The number of benzene rings is 1. The van der Waals surface area contributed by atoms with E-state index in [1.807, 2.05) is 12.1 Å². The average molecular weight is 288 g/mol. The minimum Gasteiger partial charge on any atom is -0.494 e. The minimum atomic E-state index is 0.248. The van der Waals surface area contributed by atoms with Gasteiger partial charge in [0.2, 0.25) is 0 Å². The lowest BCUT2D eigenvalue weighted by Crippen LogP contribution is -2.47. The Morgan fingerprint density at radius 2 is 2.14 bits per heavy atom. The molecule has 2 rings (SSSR count). The molecule has 0 spiro atoms. The molecule has 4 heteroatoms. The Hall–Kier alpha value is -1.57. The Morgan fingerprint density at radius 1 is 1.38 bits per heavy atom. The molecule has 2 unspecified atom stereocenters. The van der Waals surface area contributed by atoms with Crippen LogP contribution < -0.4 is 4.74 Å². The van der Waals surface area contributed by atoms with Crippen molar-refractivity contribution in [3.63, 3.8) is 0 Å². The Morgan fingerprint density at radius 3 is 2.81 bits per heavy atom. The Kier molecular flexibility index (Phi) is 6.04. The fraction of sp³-hybridized carbons (Fsp3) is 0.588. The fourth-order valence-electron chi connectivity index (χ4n) is 2.99. The van der Waals surface area contributed by atoms with Crippen molar-refractivity contribution < 1.29 is 9.84 Å². The molecule has 2 atom stereocenters. The molecule has 1 fully saturated rings. The van der Waals surface area contributed by atoms with E-state index >= 15 is 0 Å². The first kappa shape index (κ1) is 15.8. The molecule has 4 nitrogen and oxygen atoms in total. The summed E-state index contributed by atoms with van der Waals surface area (Å²) < 4.78 is 5.69. The summed E-state index contributed by atoms with van der Waals surface area (Å²) in [6.07, 6.45) is 3.38. The van der Waals surface area contributed by atoms with E-state index in [1.54, 1.807) is 12.1 Å². The number of hydrogen-bond acceptors (Lipinski definition) is 4. The number of likely N-dealkylation sites (tertiary alicyclic amines) is 1. The molecule has 1 aromatic rings. The van der Waals surface area contributed by atoms with Gasteiger partial charge in [-0.05, 0) is 56.0 Å². The number of rotatable bonds is 6. The summed E-state index contributed by atoms with van der Waals surface area (Å²) in [5.74, 6) is 1.38. The van der Waals surface area contributed by atoms with E-state index in [4.69, 9.17) is 10.00 Å². The van der Waals surface area contributed by atoms with Gasteiger partial charge >= 0.3 is 0 Å². The summed E-state index contributed by atoms with van der Waals surface area (Å²) in [5, 5.41) is 18.3. The summed E-state index contributed by atoms with van der Waals surface area (Å²) in [4.78, 5) is 2.39. The average Bonchev–Trinajstić information content (AvgIpc) is 2.52. The predicted octanol–water partition coefficient (Wildman–Crippen LogP) is 2.42. The molecule has 1 saturated heterocycles. The van der Waals surface area contributed by atoms with Crippen LogP contribution in [0.1, 0.15) is 31.7 Å². The number of ether oxygens (including phenoxy) is 1. The maximum Gasteiger partial charge on any atom is 0.119 e. The van der Waals surface area contributed by atoms with Crippen molar-refractivity contribution in [2.75, 3.05) is 26.3 Å². The molecule has 0 radical (unpaired) electrons. The van der Waals surface area contributed by atoms with E-state index in [0.717, 1.165) is 25.3 Å². The van der Waals surface area contributed by atoms with Gasteiger partial charge in [0.1, 0.15) is 5.75 Å². The van der Waals surface area contributed by atoms with E-state index in [2.05, 4.69) is 17.9 Å². The molecule has 0 aromatic heterocycles. The monoisotopic (exact) mass is 288 g/mol. The Labute approximate surface area is 127 Å². The second kappa shape index (κ2) is 8.02. The van der Waals surface area contributed by atoms with Crippen LogP contribution in [0, 0.1) is 17.2 Å².